The molecule has 0 atom stereocenters. The van der Waals surface area contributed by atoms with Gasteiger partial charge in [0.2, 0.25) is 0 Å². The molecule has 3 heteroatoms. The summed E-state index contributed by atoms with van der Waals surface area (Å²) in [6.07, 6.45) is 5.58. The van der Waals surface area contributed by atoms with Crippen molar-refractivity contribution in [2.45, 2.75) is 44.8 Å². The molecule has 0 aromatic heterocycles. The van der Waals surface area contributed by atoms with Gasteiger partial charge in [0, 0.05) is 7.11 Å². The molecule has 1 aliphatic heterocycles. The van der Waals surface area contributed by atoms with Crippen LogP contribution in [0.4, 0.5) is 0 Å². The molecule has 1 fully saturated rings. The van der Waals surface area contributed by atoms with Crippen molar-refractivity contribution in [1.29, 1.82) is 0 Å². The molecule has 0 aliphatic carbocycles. The van der Waals surface area contributed by atoms with Crippen LogP contribution in [0.3, 0.4) is 0 Å². The van der Waals surface area contributed by atoms with Crippen LogP contribution < -0.4 is 0 Å². The summed E-state index contributed by atoms with van der Waals surface area (Å²) in [6, 6.07) is 1.31. The predicted molar refractivity (Wildman–Crippen MR) is 64.2 cm³/mol. The van der Waals surface area contributed by atoms with Gasteiger partial charge in [-0.3, -0.25) is 0 Å². The summed E-state index contributed by atoms with van der Waals surface area (Å²) < 4.78 is 5.55. The highest BCUT2D eigenvalue weighted by Crippen LogP contribution is 2.15. The Morgan fingerprint density at radius 3 is 2.36 bits per heavy atom. The van der Waals surface area contributed by atoms with Gasteiger partial charge in [-0.15, -0.1) is 0 Å². The van der Waals surface area contributed by atoms with Crippen LogP contribution >= 0.6 is 0 Å². The highest BCUT2D eigenvalue weighted by atomic mass is 28.4. The van der Waals surface area contributed by atoms with Crippen molar-refractivity contribution < 1.29 is 4.43 Å². The number of piperidine rings is 1. The highest BCUT2D eigenvalue weighted by Gasteiger charge is 2.20. The largest absolute Gasteiger partial charge is 0.420 e. The van der Waals surface area contributed by atoms with Crippen molar-refractivity contribution in [2.75, 3.05) is 26.7 Å². The van der Waals surface area contributed by atoms with Crippen molar-refractivity contribution >= 4 is 8.32 Å². The highest BCUT2D eigenvalue weighted by molar-refractivity contribution is 6.71. The lowest BCUT2D eigenvalue weighted by molar-refractivity contribution is 0.228. The van der Waals surface area contributed by atoms with Gasteiger partial charge >= 0.3 is 0 Å². The Morgan fingerprint density at radius 1 is 1.14 bits per heavy atom. The fraction of sp³-hybridized carbons (Fsp3) is 1.00. The molecule has 0 N–H and O–H groups in total. The topological polar surface area (TPSA) is 12.5 Å². The molecule has 0 aromatic carbocycles. The normalized spacial score (nSPS) is 19.9. The van der Waals surface area contributed by atoms with E-state index in [-0.39, 0.29) is 0 Å². The molecule has 2 nitrogen and oxygen atoms in total. The molecule has 84 valence electrons. The van der Waals surface area contributed by atoms with Crippen molar-refractivity contribution in [3.63, 3.8) is 0 Å². The molecule has 0 radical (unpaired) electrons. The second-order valence-corrected chi connectivity index (χ2v) is 9.40. The van der Waals surface area contributed by atoms with E-state index in [2.05, 4.69) is 18.0 Å². The Hall–Kier alpha value is 0.137. The van der Waals surface area contributed by atoms with E-state index in [1.54, 1.807) is 0 Å². The molecule has 0 spiro atoms. The Morgan fingerprint density at radius 2 is 1.79 bits per heavy atom. The van der Waals surface area contributed by atoms with Crippen molar-refractivity contribution in [3.05, 3.63) is 0 Å². The number of hydrogen-bond donors (Lipinski definition) is 0. The number of likely N-dealkylation sites (tertiary alicyclic amines) is 1. The zero-order chi connectivity index (χ0) is 10.4. The third-order valence-corrected chi connectivity index (χ3v) is 5.92. The third kappa shape index (κ3) is 4.58. The molecule has 0 amide bonds. The molecule has 0 saturated carbocycles. The lowest BCUT2D eigenvalue weighted by Gasteiger charge is -2.27. The molecule has 14 heavy (non-hydrogen) atoms. The first-order valence-corrected chi connectivity index (χ1v) is 9.03. The summed E-state index contributed by atoms with van der Waals surface area (Å²) in [7, 11) is 0.580. The van der Waals surface area contributed by atoms with Crippen LogP contribution in [0.5, 0.6) is 0 Å². The first-order chi connectivity index (χ1) is 6.64. The molecule has 1 rings (SSSR count). The SMILES string of the molecule is CO[Si](C)(C)CCCN1CCCCC1. The van der Waals surface area contributed by atoms with Gasteiger partial charge < -0.3 is 9.33 Å². The van der Waals surface area contributed by atoms with E-state index in [0.717, 1.165) is 0 Å². The van der Waals surface area contributed by atoms with Crippen LogP contribution in [0.1, 0.15) is 25.7 Å². The average Bonchev–Trinajstić information content (AvgIpc) is 2.19. The second-order valence-electron chi connectivity index (χ2n) is 4.97. The average molecular weight is 215 g/mol. The smallest absolute Gasteiger partial charge is 0.186 e. The zero-order valence-corrected chi connectivity index (χ0v) is 11.0. The van der Waals surface area contributed by atoms with Gasteiger partial charge in [0.25, 0.3) is 0 Å². The molecule has 0 bridgehead atoms. The molecule has 0 unspecified atom stereocenters. The van der Waals surface area contributed by atoms with Crippen LogP contribution in [0.15, 0.2) is 0 Å². The van der Waals surface area contributed by atoms with Gasteiger partial charge in [-0.1, -0.05) is 6.42 Å². The Bertz CT molecular complexity index is 155. The van der Waals surface area contributed by atoms with Crippen LogP contribution in [-0.4, -0.2) is 40.0 Å². The standard InChI is InChI=1S/C11H25NOSi/c1-13-14(2,3)11-7-10-12-8-5-4-6-9-12/h4-11H2,1-3H3. The van der Waals surface area contributed by atoms with E-state index < -0.39 is 8.32 Å². The zero-order valence-electron chi connectivity index (χ0n) is 10.0. The van der Waals surface area contributed by atoms with Crippen LogP contribution in [-0.2, 0) is 4.43 Å². The molecule has 1 aliphatic rings. The van der Waals surface area contributed by atoms with Gasteiger partial charge in [-0.25, -0.2) is 0 Å². The molecular formula is C11H25NOSi. The Kier molecular flexibility index (Phi) is 5.13. The van der Waals surface area contributed by atoms with E-state index in [1.807, 2.05) is 7.11 Å². The fourth-order valence-electron chi connectivity index (χ4n) is 2.01. The Balaban J connectivity index is 2.08. The van der Waals surface area contributed by atoms with Gasteiger partial charge in [0.1, 0.15) is 0 Å². The van der Waals surface area contributed by atoms with Gasteiger partial charge in [-0.2, -0.15) is 0 Å². The van der Waals surface area contributed by atoms with Crippen molar-refractivity contribution in [2.24, 2.45) is 0 Å². The number of rotatable bonds is 5. The summed E-state index contributed by atoms with van der Waals surface area (Å²) >= 11 is 0. The summed E-state index contributed by atoms with van der Waals surface area (Å²) in [5.74, 6) is 0. The van der Waals surface area contributed by atoms with E-state index in [9.17, 15) is 0 Å². The van der Waals surface area contributed by atoms with E-state index >= 15 is 0 Å². The summed E-state index contributed by atoms with van der Waals surface area (Å²) in [4.78, 5) is 2.61. The predicted octanol–water partition coefficient (Wildman–Crippen LogP) is 2.71. The quantitative estimate of drug-likeness (QED) is 0.654. The van der Waals surface area contributed by atoms with E-state index in [0.29, 0.717) is 0 Å². The maximum atomic E-state index is 5.55. The summed E-state index contributed by atoms with van der Waals surface area (Å²) in [6.45, 7) is 8.57. The molecule has 0 aromatic rings. The van der Waals surface area contributed by atoms with E-state index in [1.165, 1.54) is 51.4 Å². The van der Waals surface area contributed by atoms with Crippen LogP contribution in [0.2, 0.25) is 19.1 Å². The van der Waals surface area contributed by atoms with Gasteiger partial charge in [0.15, 0.2) is 8.32 Å². The summed E-state index contributed by atoms with van der Waals surface area (Å²) in [5, 5.41) is 0. The second kappa shape index (κ2) is 5.88. The van der Waals surface area contributed by atoms with Crippen molar-refractivity contribution in [3.8, 4) is 0 Å². The minimum absolute atomic E-state index is 1.29. The third-order valence-electron chi connectivity index (χ3n) is 3.25. The lowest BCUT2D eigenvalue weighted by Crippen LogP contribution is -2.33. The number of nitrogens with zero attached hydrogens (tertiary/aromatic N) is 1. The molecule has 1 heterocycles. The minimum atomic E-state index is -1.29. The monoisotopic (exact) mass is 215 g/mol. The van der Waals surface area contributed by atoms with Crippen LogP contribution in [0, 0.1) is 0 Å². The first kappa shape index (κ1) is 12.2. The van der Waals surface area contributed by atoms with Gasteiger partial charge in [-0.05, 0) is 58.0 Å². The van der Waals surface area contributed by atoms with Crippen LogP contribution in [0.25, 0.3) is 0 Å². The molecular weight excluding hydrogens is 190 g/mol. The maximum Gasteiger partial charge on any atom is 0.186 e. The Labute approximate surface area is 89.8 Å². The van der Waals surface area contributed by atoms with Crippen molar-refractivity contribution in [1.82, 2.24) is 4.90 Å². The minimum Gasteiger partial charge on any atom is -0.420 e. The molecule has 1 saturated heterocycles. The maximum absolute atomic E-state index is 5.55. The first-order valence-electron chi connectivity index (χ1n) is 5.91. The summed E-state index contributed by atoms with van der Waals surface area (Å²) in [5.41, 5.74) is 0. The van der Waals surface area contributed by atoms with E-state index in [4.69, 9.17) is 4.43 Å². The fourth-order valence-corrected chi connectivity index (χ4v) is 3.23. The number of hydrogen-bond acceptors (Lipinski definition) is 2. The lowest BCUT2D eigenvalue weighted by atomic mass is 10.1. The van der Waals surface area contributed by atoms with Gasteiger partial charge in [0.05, 0.1) is 0 Å².